The zero-order valence-corrected chi connectivity index (χ0v) is 9.70. The molecule has 17 heavy (non-hydrogen) atoms. The van der Waals surface area contributed by atoms with Crippen molar-refractivity contribution in [3.8, 4) is 0 Å². The van der Waals surface area contributed by atoms with Crippen LogP contribution in [0.2, 0.25) is 0 Å². The monoisotopic (exact) mass is 231 g/mol. The minimum Gasteiger partial charge on any atom is -0.361 e. The lowest BCUT2D eigenvalue weighted by molar-refractivity contribution is 0.0954. The van der Waals surface area contributed by atoms with Crippen LogP contribution in [0.3, 0.4) is 0 Å². The number of carbonyl (C=O) groups is 1. The first-order valence-corrected chi connectivity index (χ1v) is 5.87. The number of aromatic nitrogens is 1. The molecule has 0 bridgehead atoms. The van der Waals surface area contributed by atoms with Gasteiger partial charge in [-0.05, 0) is 37.6 Å². The van der Waals surface area contributed by atoms with Crippen molar-refractivity contribution in [1.29, 1.82) is 0 Å². The molecule has 2 rings (SSSR count). The Balaban J connectivity index is 2.06. The van der Waals surface area contributed by atoms with Crippen LogP contribution in [0.4, 0.5) is 0 Å². The number of aromatic amines is 1. The number of rotatable bonds is 5. The minimum absolute atomic E-state index is 0.0211. The molecule has 0 spiro atoms. The molecule has 2 aromatic rings. The Bertz CT molecular complexity index is 504. The van der Waals surface area contributed by atoms with Gasteiger partial charge in [-0.15, -0.1) is 0 Å². The van der Waals surface area contributed by atoms with Crippen LogP contribution in [-0.2, 0) is 0 Å². The number of amides is 1. The Labute approximate surface area is 100 Å². The van der Waals surface area contributed by atoms with Gasteiger partial charge in [-0.25, -0.2) is 0 Å². The van der Waals surface area contributed by atoms with E-state index in [1.54, 1.807) is 0 Å². The highest BCUT2D eigenvalue weighted by Crippen LogP contribution is 2.16. The van der Waals surface area contributed by atoms with E-state index in [2.05, 4.69) is 10.3 Å². The Hall–Kier alpha value is -1.81. The van der Waals surface area contributed by atoms with E-state index in [-0.39, 0.29) is 5.91 Å². The lowest BCUT2D eigenvalue weighted by Gasteiger charge is -2.05. The summed E-state index contributed by atoms with van der Waals surface area (Å²) in [6, 6.07) is 7.60. The van der Waals surface area contributed by atoms with Crippen molar-refractivity contribution >= 4 is 16.8 Å². The average Bonchev–Trinajstić information content (AvgIpc) is 2.82. The number of benzene rings is 1. The maximum absolute atomic E-state index is 12.0. The van der Waals surface area contributed by atoms with Gasteiger partial charge in [-0.3, -0.25) is 4.79 Å². The molecule has 90 valence electrons. The first-order chi connectivity index (χ1) is 8.33. The highest BCUT2D eigenvalue weighted by molar-refractivity contribution is 6.06. The molecule has 0 aliphatic carbocycles. The molecular weight excluding hydrogens is 214 g/mol. The molecule has 0 atom stereocenters. The maximum atomic E-state index is 12.0. The first-order valence-electron chi connectivity index (χ1n) is 5.87. The zero-order chi connectivity index (χ0) is 12.1. The standard InChI is InChI=1S/C13H17N3O/c14-7-1-2-8-16-13(17)11-4-3-5-12-10(11)6-9-15-12/h3-6,9,15H,1-2,7-8,14H2,(H,16,17). The molecular formula is C13H17N3O. The van der Waals surface area contributed by atoms with Crippen LogP contribution >= 0.6 is 0 Å². The molecule has 0 saturated carbocycles. The molecule has 0 unspecified atom stereocenters. The Morgan fingerprint density at radius 1 is 1.29 bits per heavy atom. The largest absolute Gasteiger partial charge is 0.361 e. The molecule has 4 heteroatoms. The summed E-state index contributed by atoms with van der Waals surface area (Å²) in [5, 5.41) is 3.87. The molecule has 1 aromatic heterocycles. The highest BCUT2D eigenvalue weighted by Gasteiger charge is 2.09. The van der Waals surface area contributed by atoms with Gasteiger partial charge in [0, 0.05) is 29.2 Å². The van der Waals surface area contributed by atoms with Crippen LogP contribution in [0.1, 0.15) is 23.2 Å². The van der Waals surface area contributed by atoms with E-state index in [0.29, 0.717) is 13.1 Å². The van der Waals surface area contributed by atoms with Gasteiger partial charge in [-0.1, -0.05) is 6.07 Å². The third-order valence-corrected chi connectivity index (χ3v) is 2.76. The number of fused-ring (bicyclic) bond motifs is 1. The van der Waals surface area contributed by atoms with Gasteiger partial charge in [0.05, 0.1) is 0 Å². The number of carbonyl (C=O) groups excluding carboxylic acids is 1. The fourth-order valence-electron chi connectivity index (χ4n) is 1.85. The quantitative estimate of drug-likeness (QED) is 0.684. The third-order valence-electron chi connectivity index (χ3n) is 2.76. The number of H-pyrrole nitrogens is 1. The Morgan fingerprint density at radius 3 is 3.00 bits per heavy atom. The molecule has 1 aromatic carbocycles. The van der Waals surface area contributed by atoms with Crippen LogP contribution in [0.25, 0.3) is 10.9 Å². The van der Waals surface area contributed by atoms with E-state index in [1.807, 2.05) is 30.5 Å². The van der Waals surface area contributed by atoms with E-state index in [0.717, 1.165) is 29.3 Å². The van der Waals surface area contributed by atoms with Gasteiger partial charge in [0.25, 0.3) is 5.91 Å². The number of hydrogen-bond acceptors (Lipinski definition) is 2. The second kappa shape index (κ2) is 5.50. The fourth-order valence-corrected chi connectivity index (χ4v) is 1.85. The number of hydrogen-bond donors (Lipinski definition) is 3. The van der Waals surface area contributed by atoms with Gasteiger partial charge in [0.2, 0.25) is 0 Å². The van der Waals surface area contributed by atoms with Crippen molar-refractivity contribution in [1.82, 2.24) is 10.3 Å². The smallest absolute Gasteiger partial charge is 0.251 e. The van der Waals surface area contributed by atoms with Crippen molar-refractivity contribution in [3.63, 3.8) is 0 Å². The molecule has 0 aliphatic heterocycles. The summed E-state index contributed by atoms with van der Waals surface area (Å²) < 4.78 is 0. The predicted molar refractivity (Wildman–Crippen MR) is 68.9 cm³/mol. The topological polar surface area (TPSA) is 70.9 Å². The van der Waals surface area contributed by atoms with Gasteiger partial charge in [-0.2, -0.15) is 0 Å². The van der Waals surface area contributed by atoms with Crippen LogP contribution < -0.4 is 11.1 Å². The summed E-state index contributed by atoms with van der Waals surface area (Å²) in [6.07, 6.45) is 3.70. The van der Waals surface area contributed by atoms with Gasteiger partial charge >= 0.3 is 0 Å². The first kappa shape index (κ1) is 11.7. The SMILES string of the molecule is NCCCCNC(=O)c1cccc2[nH]ccc12. The molecule has 0 radical (unpaired) electrons. The van der Waals surface area contributed by atoms with E-state index in [1.165, 1.54) is 0 Å². The van der Waals surface area contributed by atoms with Gasteiger partial charge < -0.3 is 16.0 Å². The van der Waals surface area contributed by atoms with E-state index in [4.69, 9.17) is 5.73 Å². The second-order valence-electron chi connectivity index (χ2n) is 4.00. The van der Waals surface area contributed by atoms with Crippen molar-refractivity contribution < 1.29 is 4.79 Å². The number of unbranched alkanes of at least 4 members (excludes halogenated alkanes) is 1. The zero-order valence-electron chi connectivity index (χ0n) is 9.70. The van der Waals surface area contributed by atoms with E-state index in [9.17, 15) is 4.79 Å². The average molecular weight is 231 g/mol. The number of nitrogens with two attached hydrogens (primary N) is 1. The van der Waals surface area contributed by atoms with Crippen LogP contribution in [-0.4, -0.2) is 24.0 Å². The second-order valence-corrected chi connectivity index (χ2v) is 4.00. The molecule has 1 amide bonds. The predicted octanol–water partition coefficient (Wildman–Crippen LogP) is 1.64. The highest BCUT2D eigenvalue weighted by atomic mass is 16.1. The Morgan fingerprint density at radius 2 is 2.18 bits per heavy atom. The van der Waals surface area contributed by atoms with Crippen molar-refractivity contribution in [3.05, 3.63) is 36.0 Å². The molecule has 0 aliphatic rings. The molecule has 0 fully saturated rings. The van der Waals surface area contributed by atoms with Crippen LogP contribution in [0.15, 0.2) is 30.5 Å². The molecule has 1 heterocycles. The third kappa shape index (κ3) is 2.65. The minimum atomic E-state index is -0.0211. The summed E-state index contributed by atoms with van der Waals surface area (Å²) in [6.45, 7) is 1.35. The molecule has 4 nitrogen and oxygen atoms in total. The normalized spacial score (nSPS) is 10.6. The summed E-state index contributed by atoms with van der Waals surface area (Å²) in [4.78, 5) is 15.1. The molecule has 4 N–H and O–H groups in total. The lowest BCUT2D eigenvalue weighted by atomic mass is 10.1. The van der Waals surface area contributed by atoms with Crippen LogP contribution in [0, 0.1) is 0 Å². The van der Waals surface area contributed by atoms with E-state index < -0.39 is 0 Å². The number of nitrogens with one attached hydrogen (secondary N) is 2. The summed E-state index contributed by atoms with van der Waals surface area (Å²) in [5.41, 5.74) is 7.10. The fraction of sp³-hybridized carbons (Fsp3) is 0.308. The molecule has 0 saturated heterocycles. The van der Waals surface area contributed by atoms with Crippen LogP contribution in [0.5, 0.6) is 0 Å². The van der Waals surface area contributed by atoms with E-state index >= 15 is 0 Å². The Kier molecular flexibility index (Phi) is 3.77. The summed E-state index contributed by atoms with van der Waals surface area (Å²) in [7, 11) is 0. The van der Waals surface area contributed by atoms with Crippen molar-refractivity contribution in [2.75, 3.05) is 13.1 Å². The van der Waals surface area contributed by atoms with Gasteiger partial charge in [0.15, 0.2) is 0 Å². The van der Waals surface area contributed by atoms with Crippen molar-refractivity contribution in [2.45, 2.75) is 12.8 Å². The van der Waals surface area contributed by atoms with Gasteiger partial charge in [0.1, 0.15) is 0 Å². The summed E-state index contributed by atoms with van der Waals surface area (Å²) in [5.74, 6) is -0.0211. The lowest BCUT2D eigenvalue weighted by Crippen LogP contribution is -2.25. The summed E-state index contributed by atoms with van der Waals surface area (Å²) >= 11 is 0. The maximum Gasteiger partial charge on any atom is 0.251 e. The van der Waals surface area contributed by atoms with Crippen molar-refractivity contribution in [2.24, 2.45) is 5.73 Å².